The topological polar surface area (TPSA) is 55.8 Å². The van der Waals surface area contributed by atoms with Gasteiger partial charge >= 0.3 is 5.97 Å². The summed E-state index contributed by atoms with van der Waals surface area (Å²) in [4.78, 5) is 15.1. The fraction of sp³-hybridized carbons (Fsp3) is 0.143. The van der Waals surface area contributed by atoms with E-state index in [9.17, 15) is 9.90 Å². The maximum atomic E-state index is 11.6. The van der Waals surface area contributed by atoms with Gasteiger partial charge in [-0.3, -0.25) is 0 Å². The van der Waals surface area contributed by atoms with E-state index in [1.165, 1.54) is 4.57 Å². The Balaban J connectivity index is 2.08. The molecule has 0 unspecified atom stereocenters. The van der Waals surface area contributed by atoms with Gasteiger partial charge in [0.15, 0.2) is 0 Å². The number of methoxy groups -OCH3 is 1. The van der Waals surface area contributed by atoms with Gasteiger partial charge in [-0.15, -0.1) is 0 Å². The second-order valence-electron chi connectivity index (χ2n) is 5.93. The molecule has 0 fully saturated rings. The lowest BCUT2D eigenvalue weighted by atomic mass is 9.97. The number of aryl methyl sites for hydroxylation is 1. The number of benzene rings is 2. The highest BCUT2D eigenvalue weighted by molar-refractivity contribution is 5.99. The fourth-order valence-corrected chi connectivity index (χ4v) is 3.14. The number of carbonyl (C=O) groups is 1. The van der Waals surface area contributed by atoms with Crippen molar-refractivity contribution in [1.29, 1.82) is 0 Å². The van der Waals surface area contributed by atoms with Gasteiger partial charge in [0.1, 0.15) is 5.69 Å². The van der Waals surface area contributed by atoms with Crippen molar-refractivity contribution in [3.8, 4) is 22.3 Å². The second kappa shape index (κ2) is 7.26. The largest absolute Gasteiger partial charge is 0.477 e. The van der Waals surface area contributed by atoms with Gasteiger partial charge in [-0.1, -0.05) is 48.5 Å². The number of carboxylic acids is 1. The normalized spacial score (nSPS) is 10.5. The fourth-order valence-electron chi connectivity index (χ4n) is 3.14. The minimum atomic E-state index is -1.05. The molecule has 5 heteroatoms. The predicted octanol–water partition coefficient (Wildman–Crippen LogP) is 4.75. The van der Waals surface area contributed by atoms with E-state index in [-0.39, 0.29) is 5.69 Å². The minimum Gasteiger partial charge on any atom is -0.477 e. The van der Waals surface area contributed by atoms with Crippen LogP contribution in [0.15, 0.2) is 54.7 Å². The first-order valence-corrected chi connectivity index (χ1v) is 8.04. The molecule has 0 atom stereocenters. The first-order chi connectivity index (χ1) is 12.6. The van der Waals surface area contributed by atoms with Crippen LogP contribution in [0.3, 0.4) is 0 Å². The average Bonchev–Trinajstić information content (AvgIpc) is 2.99. The third-order valence-electron chi connectivity index (χ3n) is 4.29. The van der Waals surface area contributed by atoms with Gasteiger partial charge in [0.05, 0.1) is 13.2 Å². The van der Waals surface area contributed by atoms with E-state index in [0.717, 1.165) is 16.7 Å². The van der Waals surface area contributed by atoms with Gasteiger partial charge in [-0.05, 0) is 22.3 Å². The van der Waals surface area contributed by atoms with Gasteiger partial charge in [0.2, 0.25) is 5.69 Å². The minimum absolute atomic E-state index is 0.114. The summed E-state index contributed by atoms with van der Waals surface area (Å²) in [5.74, 6) is -1.05. The summed E-state index contributed by atoms with van der Waals surface area (Å²) in [7, 11) is 3.30. The van der Waals surface area contributed by atoms with E-state index in [0.29, 0.717) is 23.4 Å². The lowest BCUT2D eigenvalue weighted by Gasteiger charge is -2.10. The number of carboxylic acid groups (broad SMARTS) is 1. The molecule has 5 nitrogen and oxygen atoms in total. The quantitative estimate of drug-likeness (QED) is 0.678. The van der Waals surface area contributed by atoms with Crippen molar-refractivity contribution in [1.82, 2.24) is 4.57 Å². The predicted molar refractivity (Wildman–Crippen MR) is 100 cm³/mol. The maximum Gasteiger partial charge on any atom is 0.351 e. The van der Waals surface area contributed by atoms with E-state index in [4.69, 9.17) is 11.3 Å². The lowest BCUT2D eigenvalue weighted by molar-refractivity contribution is 0.0687. The van der Waals surface area contributed by atoms with Crippen molar-refractivity contribution in [3.05, 3.63) is 77.4 Å². The van der Waals surface area contributed by atoms with Crippen LogP contribution in [0, 0.1) is 6.57 Å². The van der Waals surface area contributed by atoms with Gasteiger partial charge in [0.25, 0.3) is 0 Å². The molecule has 0 saturated heterocycles. The molecule has 0 aliphatic carbocycles. The van der Waals surface area contributed by atoms with Crippen molar-refractivity contribution < 1.29 is 14.6 Å². The summed E-state index contributed by atoms with van der Waals surface area (Å²) >= 11 is 0. The monoisotopic (exact) mass is 346 g/mol. The molecule has 1 heterocycles. The Morgan fingerprint density at radius 2 is 1.81 bits per heavy atom. The Labute approximate surface area is 151 Å². The molecular weight excluding hydrogens is 328 g/mol. The van der Waals surface area contributed by atoms with Crippen molar-refractivity contribution >= 4 is 11.7 Å². The Bertz CT molecular complexity index is 995. The third-order valence-corrected chi connectivity index (χ3v) is 4.29. The average molecular weight is 346 g/mol. The molecule has 0 aliphatic heterocycles. The van der Waals surface area contributed by atoms with Crippen LogP contribution in [-0.4, -0.2) is 22.8 Å². The van der Waals surface area contributed by atoms with E-state index >= 15 is 0 Å². The number of hydrogen-bond donors (Lipinski definition) is 1. The number of hydrogen-bond acceptors (Lipinski definition) is 2. The molecule has 1 N–H and O–H groups in total. The molecule has 26 heavy (non-hydrogen) atoms. The highest BCUT2D eigenvalue weighted by Gasteiger charge is 2.21. The van der Waals surface area contributed by atoms with Crippen LogP contribution in [0.5, 0.6) is 0 Å². The third kappa shape index (κ3) is 3.10. The Morgan fingerprint density at radius 3 is 2.42 bits per heavy atom. The molecule has 0 radical (unpaired) electrons. The Kier molecular flexibility index (Phi) is 4.87. The molecule has 0 bridgehead atoms. The number of aromatic nitrogens is 1. The number of nitrogens with zero attached hydrogens (tertiary/aromatic N) is 2. The Hall–Kier alpha value is -3.36. The molecule has 1 aromatic heterocycles. The van der Waals surface area contributed by atoms with Crippen LogP contribution in [0.25, 0.3) is 27.1 Å². The van der Waals surface area contributed by atoms with E-state index in [1.54, 1.807) is 20.4 Å². The zero-order valence-electron chi connectivity index (χ0n) is 14.6. The summed E-state index contributed by atoms with van der Waals surface area (Å²) in [6.07, 6.45) is 1.55. The van der Waals surface area contributed by atoms with Gasteiger partial charge in [0, 0.05) is 25.9 Å². The molecule has 3 rings (SSSR count). The zero-order chi connectivity index (χ0) is 18.7. The van der Waals surface area contributed by atoms with Crippen LogP contribution < -0.4 is 0 Å². The van der Waals surface area contributed by atoms with E-state index < -0.39 is 5.97 Å². The summed E-state index contributed by atoms with van der Waals surface area (Å²) in [5.41, 5.74) is 4.77. The van der Waals surface area contributed by atoms with Crippen molar-refractivity contribution in [2.45, 2.75) is 6.61 Å². The van der Waals surface area contributed by atoms with Crippen molar-refractivity contribution in [3.63, 3.8) is 0 Å². The number of rotatable bonds is 5. The smallest absolute Gasteiger partial charge is 0.351 e. The molecule has 0 spiro atoms. The number of aromatic carboxylic acids is 1. The number of ether oxygens (including phenoxy) is 1. The molecule has 3 aromatic rings. The van der Waals surface area contributed by atoms with Gasteiger partial charge < -0.3 is 14.4 Å². The summed E-state index contributed by atoms with van der Waals surface area (Å²) < 4.78 is 6.74. The second-order valence-corrected chi connectivity index (χ2v) is 5.93. The molecule has 0 amide bonds. The summed E-state index contributed by atoms with van der Waals surface area (Å²) in [6.45, 7) is 7.86. The maximum absolute atomic E-state index is 11.6. The van der Waals surface area contributed by atoms with Crippen LogP contribution >= 0.6 is 0 Å². The van der Waals surface area contributed by atoms with E-state index in [2.05, 4.69) is 4.85 Å². The molecule has 130 valence electrons. The first kappa shape index (κ1) is 17.5. The van der Waals surface area contributed by atoms with E-state index in [1.807, 2.05) is 48.5 Å². The lowest BCUT2D eigenvalue weighted by Crippen LogP contribution is -2.05. The molecule has 0 saturated carbocycles. The zero-order valence-corrected chi connectivity index (χ0v) is 14.6. The standard InChI is InChI=1S/C21H18N2O3/c1-22-18-12-23(2)20(21(24)25)19(18)15-10-8-14(9-11-15)17-7-5-4-6-16(17)13-26-3/h4-12H,13H2,2-3H3,(H,24,25). The van der Waals surface area contributed by atoms with Crippen LogP contribution in [-0.2, 0) is 18.4 Å². The first-order valence-electron chi connectivity index (χ1n) is 8.04. The molecule has 0 aliphatic rings. The van der Waals surface area contributed by atoms with Crippen LogP contribution in [0.4, 0.5) is 5.69 Å². The molecule has 2 aromatic carbocycles. The molecular formula is C21H18N2O3. The highest BCUT2D eigenvalue weighted by atomic mass is 16.5. The highest BCUT2D eigenvalue weighted by Crippen LogP contribution is 2.36. The van der Waals surface area contributed by atoms with Crippen LogP contribution in [0.1, 0.15) is 16.1 Å². The van der Waals surface area contributed by atoms with Crippen molar-refractivity contribution in [2.24, 2.45) is 7.05 Å². The van der Waals surface area contributed by atoms with Crippen molar-refractivity contribution in [2.75, 3.05) is 7.11 Å². The van der Waals surface area contributed by atoms with Gasteiger partial charge in [-0.2, -0.15) is 0 Å². The summed E-state index contributed by atoms with van der Waals surface area (Å²) in [6, 6.07) is 15.6. The van der Waals surface area contributed by atoms with Gasteiger partial charge in [-0.25, -0.2) is 9.64 Å². The Morgan fingerprint density at radius 1 is 1.15 bits per heavy atom. The summed E-state index contributed by atoms with van der Waals surface area (Å²) in [5, 5.41) is 9.51. The van der Waals surface area contributed by atoms with Crippen LogP contribution in [0.2, 0.25) is 0 Å². The SMILES string of the molecule is [C-]#[N+]c1cn(C)c(C(=O)O)c1-c1ccc(-c2ccccc2COC)cc1.